The average molecular weight is 892 g/mol. The average Bonchev–Trinajstić information content (AvgIpc) is 3.25. The SMILES string of the molecule is CCCCCCCCCCCCCCCCC(=O)O[C@H](COC(=O)CCCCCCCCCCCCCCCCC(C)C)COC(=O)CCCCCCCCCCCCCC(C)C. The minimum atomic E-state index is -0.762. The molecule has 0 aliphatic heterocycles. The van der Waals surface area contributed by atoms with Gasteiger partial charge in [0.25, 0.3) is 0 Å². The summed E-state index contributed by atoms with van der Waals surface area (Å²) in [7, 11) is 0. The first-order valence-corrected chi connectivity index (χ1v) is 28.2. The lowest BCUT2D eigenvalue weighted by molar-refractivity contribution is -0.167. The summed E-state index contributed by atoms with van der Waals surface area (Å²) in [4.78, 5) is 38.1. The van der Waals surface area contributed by atoms with E-state index >= 15 is 0 Å². The van der Waals surface area contributed by atoms with E-state index in [4.69, 9.17) is 14.2 Å². The van der Waals surface area contributed by atoms with Gasteiger partial charge in [0.15, 0.2) is 6.10 Å². The number of carbonyl (C=O) groups excluding carboxylic acids is 3. The lowest BCUT2D eigenvalue weighted by Gasteiger charge is -2.18. The van der Waals surface area contributed by atoms with Gasteiger partial charge in [-0.15, -0.1) is 0 Å². The molecule has 0 amide bonds. The molecule has 0 saturated carbocycles. The van der Waals surface area contributed by atoms with E-state index in [1.807, 2.05) is 0 Å². The highest BCUT2D eigenvalue weighted by Crippen LogP contribution is 2.18. The molecule has 0 fully saturated rings. The van der Waals surface area contributed by atoms with Crippen molar-refractivity contribution >= 4 is 17.9 Å². The van der Waals surface area contributed by atoms with Crippen LogP contribution in [0.4, 0.5) is 0 Å². The molecule has 6 nitrogen and oxygen atoms in total. The summed E-state index contributed by atoms with van der Waals surface area (Å²) in [5.41, 5.74) is 0. The minimum Gasteiger partial charge on any atom is -0.462 e. The third-order valence-electron chi connectivity index (χ3n) is 13.0. The number of ether oxygens (including phenoxy) is 3. The maximum atomic E-state index is 12.8. The van der Waals surface area contributed by atoms with Crippen molar-refractivity contribution in [2.24, 2.45) is 11.8 Å². The number of unbranched alkanes of at least 4 members (excludes halogenated alkanes) is 36. The highest BCUT2D eigenvalue weighted by atomic mass is 16.6. The number of carbonyl (C=O) groups is 3. The van der Waals surface area contributed by atoms with Crippen LogP contribution < -0.4 is 0 Å². The highest BCUT2D eigenvalue weighted by molar-refractivity contribution is 5.71. The lowest BCUT2D eigenvalue weighted by Crippen LogP contribution is -2.30. The van der Waals surface area contributed by atoms with Crippen LogP contribution in [-0.2, 0) is 28.6 Å². The summed E-state index contributed by atoms with van der Waals surface area (Å²) in [6.07, 6.45) is 52.3. The van der Waals surface area contributed by atoms with Crippen LogP contribution in [0.25, 0.3) is 0 Å². The van der Waals surface area contributed by atoms with Gasteiger partial charge in [0, 0.05) is 19.3 Å². The van der Waals surface area contributed by atoms with E-state index < -0.39 is 6.10 Å². The molecule has 0 aliphatic rings. The van der Waals surface area contributed by atoms with Crippen molar-refractivity contribution in [2.45, 2.75) is 323 Å². The second-order valence-electron chi connectivity index (χ2n) is 20.5. The van der Waals surface area contributed by atoms with E-state index in [0.29, 0.717) is 19.3 Å². The third kappa shape index (κ3) is 51.3. The van der Waals surface area contributed by atoms with Crippen LogP contribution in [0.5, 0.6) is 0 Å². The van der Waals surface area contributed by atoms with Crippen molar-refractivity contribution in [3.05, 3.63) is 0 Å². The first-order valence-electron chi connectivity index (χ1n) is 28.2. The molecule has 0 bridgehead atoms. The molecular weight excluding hydrogens is 781 g/mol. The smallest absolute Gasteiger partial charge is 0.306 e. The molecule has 0 unspecified atom stereocenters. The topological polar surface area (TPSA) is 78.9 Å². The molecule has 0 aromatic rings. The van der Waals surface area contributed by atoms with Crippen molar-refractivity contribution in [3.63, 3.8) is 0 Å². The van der Waals surface area contributed by atoms with E-state index in [1.165, 1.54) is 205 Å². The number of hydrogen-bond acceptors (Lipinski definition) is 6. The summed E-state index contributed by atoms with van der Waals surface area (Å²) in [5.74, 6) is 0.831. The Morgan fingerprint density at radius 1 is 0.302 bits per heavy atom. The number of hydrogen-bond donors (Lipinski definition) is 0. The fourth-order valence-corrected chi connectivity index (χ4v) is 8.70. The third-order valence-corrected chi connectivity index (χ3v) is 13.0. The molecule has 0 aromatic carbocycles. The van der Waals surface area contributed by atoms with E-state index in [9.17, 15) is 14.4 Å². The molecule has 0 radical (unpaired) electrons. The van der Waals surface area contributed by atoms with Crippen molar-refractivity contribution in [3.8, 4) is 0 Å². The fourth-order valence-electron chi connectivity index (χ4n) is 8.70. The van der Waals surface area contributed by atoms with Gasteiger partial charge in [0.05, 0.1) is 0 Å². The maximum Gasteiger partial charge on any atom is 0.306 e. The summed E-state index contributed by atoms with van der Waals surface area (Å²) in [6.45, 7) is 11.4. The number of rotatable bonds is 51. The highest BCUT2D eigenvalue weighted by Gasteiger charge is 2.19. The number of esters is 3. The zero-order valence-electron chi connectivity index (χ0n) is 43.2. The van der Waals surface area contributed by atoms with Crippen molar-refractivity contribution in [1.29, 1.82) is 0 Å². The molecule has 63 heavy (non-hydrogen) atoms. The quantitative estimate of drug-likeness (QED) is 0.0344. The normalized spacial score (nSPS) is 12.0. The van der Waals surface area contributed by atoms with Gasteiger partial charge in [-0.3, -0.25) is 14.4 Å². The van der Waals surface area contributed by atoms with E-state index in [-0.39, 0.29) is 31.1 Å². The Balaban J connectivity index is 4.30. The Morgan fingerprint density at radius 3 is 0.778 bits per heavy atom. The molecule has 0 aromatic heterocycles. The Morgan fingerprint density at radius 2 is 0.524 bits per heavy atom. The van der Waals surface area contributed by atoms with Crippen LogP contribution in [0, 0.1) is 11.8 Å². The molecule has 1 atom stereocenters. The first-order chi connectivity index (χ1) is 30.7. The van der Waals surface area contributed by atoms with Gasteiger partial charge in [0.1, 0.15) is 13.2 Å². The summed E-state index contributed by atoms with van der Waals surface area (Å²) >= 11 is 0. The van der Waals surface area contributed by atoms with Crippen LogP contribution >= 0.6 is 0 Å². The van der Waals surface area contributed by atoms with Gasteiger partial charge in [-0.25, -0.2) is 0 Å². The molecule has 0 aliphatic carbocycles. The second-order valence-corrected chi connectivity index (χ2v) is 20.5. The molecule has 6 heteroatoms. The maximum absolute atomic E-state index is 12.8. The monoisotopic (exact) mass is 891 g/mol. The van der Waals surface area contributed by atoms with Gasteiger partial charge < -0.3 is 14.2 Å². The van der Waals surface area contributed by atoms with Crippen molar-refractivity contribution < 1.29 is 28.6 Å². The molecule has 374 valence electrons. The van der Waals surface area contributed by atoms with E-state index in [1.54, 1.807) is 0 Å². The molecule has 0 N–H and O–H groups in total. The molecule has 0 saturated heterocycles. The van der Waals surface area contributed by atoms with Crippen molar-refractivity contribution in [2.75, 3.05) is 13.2 Å². The predicted octanol–water partition coefficient (Wildman–Crippen LogP) is 18.5. The summed E-state index contributed by atoms with van der Waals surface area (Å²) in [6, 6.07) is 0. The Labute approximate surface area is 393 Å². The van der Waals surface area contributed by atoms with Gasteiger partial charge in [-0.1, -0.05) is 279 Å². The Kier molecular flexibility index (Phi) is 48.6. The first kappa shape index (κ1) is 61.4. The van der Waals surface area contributed by atoms with Gasteiger partial charge in [-0.2, -0.15) is 0 Å². The van der Waals surface area contributed by atoms with Crippen LogP contribution in [0.3, 0.4) is 0 Å². The standard InChI is InChI=1S/C57H110O6/c1-6-7-8-9-10-11-12-13-17-23-29-34-39-44-49-57(60)63-54(51-62-56(59)48-43-38-33-28-24-19-21-26-31-36-41-46-53(4)5)50-61-55(58)47-42-37-32-27-22-18-15-14-16-20-25-30-35-40-45-52(2)3/h52-54H,6-51H2,1-5H3/t54-/m1/s1. The van der Waals surface area contributed by atoms with Crippen LogP contribution in [0.15, 0.2) is 0 Å². The largest absolute Gasteiger partial charge is 0.462 e. The van der Waals surface area contributed by atoms with Gasteiger partial charge in [-0.05, 0) is 31.1 Å². The Hall–Kier alpha value is -1.59. The van der Waals surface area contributed by atoms with Crippen LogP contribution in [0.2, 0.25) is 0 Å². The fraction of sp³-hybridized carbons (Fsp3) is 0.947. The van der Waals surface area contributed by atoms with Gasteiger partial charge in [0.2, 0.25) is 0 Å². The Bertz CT molecular complexity index is 962. The molecule has 0 spiro atoms. The van der Waals surface area contributed by atoms with Crippen molar-refractivity contribution in [1.82, 2.24) is 0 Å². The predicted molar refractivity (Wildman–Crippen MR) is 270 cm³/mol. The summed E-state index contributed by atoms with van der Waals surface area (Å²) in [5, 5.41) is 0. The molecular formula is C57H110O6. The van der Waals surface area contributed by atoms with Gasteiger partial charge >= 0.3 is 17.9 Å². The lowest BCUT2D eigenvalue weighted by atomic mass is 10.0. The van der Waals surface area contributed by atoms with E-state index in [0.717, 1.165) is 69.6 Å². The minimum absolute atomic E-state index is 0.0628. The summed E-state index contributed by atoms with van der Waals surface area (Å²) < 4.78 is 16.9. The molecule has 0 rings (SSSR count). The zero-order chi connectivity index (χ0) is 46.1. The zero-order valence-corrected chi connectivity index (χ0v) is 43.2. The van der Waals surface area contributed by atoms with E-state index in [2.05, 4.69) is 34.6 Å². The van der Waals surface area contributed by atoms with Crippen LogP contribution in [-0.4, -0.2) is 37.2 Å². The molecule has 0 heterocycles. The van der Waals surface area contributed by atoms with Crippen LogP contribution in [0.1, 0.15) is 317 Å². The second kappa shape index (κ2) is 49.8.